The van der Waals surface area contributed by atoms with Gasteiger partial charge in [-0.3, -0.25) is 0 Å². The third kappa shape index (κ3) is 3.18. The molecule has 0 spiro atoms. The standard InChI is InChI=1S/C18H15N7O2S2/c1-11(23-16-13(9-19)15(20)21-10-22-16)17-24-18-14(7-8-28-18)29(26,27)25(17)12-5-3-2-4-6-12/h2-8,10-11H,1H3,(H3,20,21,22,23). The zero-order valence-corrected chi connectivity index (χ0v) is 16.8. The van der Waals surface area contributed by atoms with Gasteiger partial charge in [-0.1, -0.05) is 18.2 Å². The topological polar surface area (TPSA) is 137 Å². The van der Waals surface area contributed by atoms with E-state index in [0.29, 0.717) is 10.7 Å². The van der Waals surface area contributed by atoms with E-state index in [9.17, 15) is 13.7 Å². The summed E-state index contributed by atoms with van der Waals surface area (Å²) < 4.78 is 27.9. The van der Waals surface area contributed by atoms with E-state index in [-0.39, 0.29) is 27.9 Å². The summed E-state index contributed by atoms with van der Waals surface area (Å²) >= 11 is 1.24. The first-order valence-electron chi connectivity index (χ1n) is 8.47. The number of nitrogens with one attached hydrogen (secondary N) is 1. The van der Waals surface area contributed by atoms with Crippen LogP contribution in [-0.2, 0) is 10.0 Å². The van der Waals surface area contributed by atoms with Gasteiger partial charge in [0, 0.05) is 0 Å². The van der Waals surface area contributed by atoms with Crippen LogP contribution in [0.2, 0.25) is 0 Å². The molecule has 146 valence electrons. The number of rotatable bonds is 4. The lowest BCUT2D eigenvalue weighted by Gasteiger charge is -2.32. The first-order valence-corrected chi connectivity index (χ1v) is 10.8. The number of para-hydroxylation sites is 1. The summed E-state index contributed by atoms with van der Waals surface area (Å²) in [6.45, 7) is 1.74. The van der Waals surface area contributed by atoms with Gasteiger partial charge in [-0.05, 0) is 30.5 Å². The maximum absolute atomic E-state index is 13.3. The highest BCUT2D eigenvalue weighted by Gasteiger charge is 2.38. The molecule has 3 heterocycles. The van der Waals surface area contributed by atoms with Crippen molar-refractivity contribution >= 4 is 49.5 Å². The molecule has 0 amide bonds. The van der Waals surface area contributed by atoms with E-state index < -0.39 is 16.1 Å². The van der Waals surface area contributed by atoms with Crippen LogP contribution in [0.5, 0.6) is 0 Å². The van der Waals surface area contributed by atoms with Crippen LogP contribution in [0, 0.1) is 11.3 Å². The molecule has 1 unspecified atom stereocenters. The quantitative estimate of drug-likeness (QED) is 0.655. The van der Waals surface area contributed by atoms with Crippen LogP contribution in [0.25, 0.3) is 0 Å². The number of aliphatic imine (C=N–C) groups is 1. The molecule has 0 saturated heterocycles. The monoisotopic (exact) mass is 425 g/mol. The second-order valence-electron chi connectivity index (χ2n) is 6.13. The van der Waals surface area contributed by atoms with E-state index in [4.69, 9.17) is 5.73 Å². The second kappa shape index (κ2) is 7.16. The van der Waals surface area contributed by atoms with Gasteiger partial charge in [0.15, 0.2) is 0 Å². The molecular formula is C18H15N7O2S2. The van der Waals surface area contributed by atoms with Crippen molar-refractivity contribution in [2.75, 3.05) is 15.4 Å². The lowest BCUT2D eigenvalue weighted by molar-refractivity contribution is 0.596. The Labute approximate surface area is 171 Å². The van der Waals surface area contributed by atoms with Crippen LogP contribution < -0.4 is 15.4 Å². The summed E-state index contributed by atoms with van der Waals surface area (Å²) in [4.78, 5) is 12.6. The van der Waals surface area contributed by atoms with E-state index in [1.807, 2.05) is 6.07 Å². The maximum Gasteiger partial charge on any atom is 0.272 e. The molecule has 1 atom stereocenters. The normalized spacial score (nSPS) is 15.7. The Balaban J connectivity index is 1.82. The van der Waals surface area contributed by atoms with Crippen molar-refractivity contribution in [1.29, 1.82) is 5.26 Å². The number of amidine groups is 1. The summed E-state index contributed by atoms with van der Waals surface area (Å²) in [6, 6.07) is 11.6. The van der Waals surface area contributed by atoms with Gasteiger partial charge < -0.3 is 11.1 Å². The second-order valence-corrected chi connectivity index (χ2v) is 8.78. The highest BCUT2D eigenvalue weighted by Crippen LogP contribution is 2.39. The van der Waals surface area contributed by atoms with E-state index in [2.05, 4.69) is 20.3 Å². The Morgan fingerprint density at radius 1 is 1.24 bits per heavy atom. The van der Waals surface area contributed by atoms with Crippen LogP contribution in [0.15, 0.2) is 58.0 Å². The minimum atomic E-state index is -3.85. The number of anilines is 3. The van der Waals surface area contributed by atoms with Crippen molar-refractivity contribution < 1.29 is 8.42 Å². The van der Waals surface area contributed by atoms with Gasteiger partial charge in [0.05, 0.1) is 11.7 Å². The molecule has 3 N–H and O–H groups in total. The Kier molecular flexibility index (Phi) is 4.65. The number of fused-ring (bicyclic) bond motifs is 1. The number of nitrogens with two attached hydrogens (primary N) is 1. The fraction of sp³-hybridized carbons (Fsp3) is 0.111. The summed E-state index contributed by atoms with van der Waals surface area (Å²) in [5.41, 5.74) is 6.29. The van der Waals surface area contributed by atoms with Gasteiger partial charge in [0.25, 0.3) is 10.0 Å². The molecule has 1 aliphatic rings. The molecule has 2 aromatic heterocycles. The predicted molar refractivity (Wildman–Crippen MR) is 112 cm³/mol. The maximum atomic E-state index is 13.3. The molecule has 29 heavy (non-hydrogen) atoms. The first kappa shape index (κ1) is 18.9. The number of nitriles is 1. The summed E-state index contributed by atoms with van der Waals surface area (Å²) in [5, 5.41) is 14.5. The molecular weight excluding hydrogens is 410 g/mol. The smallest absolute Gasteiger partial charge is 0.272 e. The number of nitrogens with zero attached hydrogens (tertiary/aromatic N) is 5. The fourth-order valence-electron chi connectivity index (χ4n) is 2.93. The van der Waals surface area contributed by atoms with Crippen LogP contribution in [-0.4, -0.2) is 30.3 Å². The number of benzene rings is 1. The predicted octanol–water partition coefficient (Wildman–Crippen LogP) is 2.73. The molecule has 11 heteroatoms. The van der Waals surface area contributed by atoms with Gasteiger partial charge in [0.2, 0.25) is 0 Å². The van der Waals surface area contributed by atoms with Gasteiger partial charge in [-0.2, -0.15) is 5.26 Å². The lowest BCUT2D eigenvalue weighted by Crippen LogP contribution is -2.46. The average Bonchev–Trinajstić information content (AvgIpc) is 3.18. The van der Waals surface area contributed by atoms with Gasteiger partial charge in [0.1, 0.15) is 45.3 Å². The number of aromatic nitrogens is 2. The van der Waals surface area contributed by atoms with Crippen molar-refractivity contribution in [2.45, 2.75) is 17.9 Å². The third-order valence-corrected chi connectivity index (χ3v) is 6.97. The molecule has 0 saturated carbocycles. The SMILES string of the molecule is CC(Nc1ncnc(N)c1C#N)C1=Nc2sccc2S(=O)(=O)N1c1ccccc1. The number of hydrogen-bond acceptors (Lipinski definition) is 9. The lowest BCUT2D eigenvalue weighted by atomic mass is 10.2. The van der Waals surface area contributed by atoms with Gasteiger partial charge in [-0.15, -0.1) is 11.3 Å². The molecule has 1 aromatic carbocycles. The number of nitrogen functional groups attached to an aromatic ring is 1. The van der Waals surface area contributed by atoms with Crippen molar-refractivity contribution in [3.05, 3.63) is 53.7 Å². The summed E-state index contributed by atoms with van der Waals surface area (Å²) in [7, 11) is -3.85. The number of hydrogen-bond donors (Lipinski definition) is 2. The number of thiophene rings is 1. The Bertz CT molecular complexity index is 1250. The van der Waals surface area contributed by atoms with Crippen molar-refractivity contribution in [1.82, 2.24) is 9.97 Å². The Morgan fingerprint density at radius 3 is 2.72 bits per heavy atom. The van der Waals surface area contributed by atoms with Gasteiger partial charge >= 0.3 is 0 Å². The number of sulfonamides is 1. The van der Waals surface area contributed by atoms with Crippen molar-refractivity contribution in [3.8, 4) is 6.07 Å². The third-order valence-electron chi connectivity index (χ3n) is 4.27. The Morgan fingerprint density at radius 2 is 2.00 bits per heavy atom. The van der Waals surface area contributed by atoms with E-state index in [0.717, 1.165) is 0 Å². The van der Waals surface area contributed by atoms with Crippen molar-refractivity contribution in [3.63, 3.8) is 0 Å². The van der Waals surface area contributed by atoms with E-state index >= 15 is 0 Å². The zero-order chi connectivity index (χ0) is 20.6. The summed E-state index contributed by atoms with van der Waals surface area (Å²) in [5.74, 6) is 0.501. The molecule has 3 aromatic rings. The fourth-order valence-corrected chi connectivity index (χ4v) is 5.69. The highest BCUT2D eigenvalue weighted by molar-refractivity contribution is 7.94. The van der Waals surface area contributed by atoms with Crippen LogP contribution >= 0.6 is 11.3 Å². The molecule has 9 nitrogen and oxygen atoms in total. The summed E-state index contributed by atoms with van der Waals surface area (Å²) in [6.07, 6.45) is 1.23. The molecule has 0 radical (unpaired) electrons. The largest absolute Gasteiger partial charge is 0.382 e. The van der Waals surface area contributed by atoms with Gasteiger partial charge in [-0.25, -0.2) is 27.7 Å². The highest BCUT2D eigenvalue weighted by atomic mass is 32.2. The molecule has 0 aliphatic carbocycles. The average molecular weight is 425 g/mol. The van der Waals surface area contributed by atoms with Crippen molar-refractivity contribution in [2.24, 2.45) is 4.99 Å². The molecule has 1 aliphatic heterocycles. The van der Waals surface area contributed by atoms with E-state index in [1.54, 1.807) is 48.7 Å². The van der Waals surface area contributed by atoms with Crippen LogP contribution in [0.4, 0.5) is 22.3 Å². The zero-order valence-electron chi connectivity index (χ0n) is 15.1. The first-order chi connectivity index (χ1) is 13.9. The Hall–Kier alpha value is -3.49. The molecule has 0 fully saturated rings. The minimum Gasteiger partial charge on any atom is -0.382 e. The van der Waals surface area contributed by atoms with E-state index in [1.165, 1.54) is 22.0 Å². The molecule has 4 rings (SSSR count). The van der Waals surface area contributed by atoms with Crippen LogP contribution in [0.1, 0.15) is 12.5 Å². The minimum absolute atomic E-state index is 0.0378. The van der Waals surface area contributed by atoms with Crippen LogP contribution in [0.3, 0.4) is 0 Å². The molecule has 0 bridgehead atoms.